The summed E-state index contributed by atoms with van der Waals surface area (Å²) in [6.07, 6.45) is 0. The summed E-state index contributed by atoms with van der Waals surface area (Å²) >= 11 is 0. The fourth-order valence-corrected chi connectivity index (χ4v) is 4.65. The lowest BCUT2D eigenvalue weighted by atomic mass is 10.0. The Bertz CT molecular complexity index is 1540. The van der Waals surface area contributed by atoms with Crippen LogP contribution in [0.1, 0.15) is 33.2 Å². The third kappa shape index (κ3) is 4.17. The van der Waals surface area contributed by atoms with E-state index in [0.717, 1.165) is 5.56 Å². The van der Waals surface area contributed by atoms with Crippen LogP contribution in [0.15, 0.2) is 75.9 Å². The fraction of sp³-hybridized carbons (Fsp3) is 0.207. The first-order chi connectivity index (χ1) is 17.3. The van der Waals surface area contributed by atoms with Gasteiger partial charge in [-0.1, -0.05) is 36.4 Å². The van der Waals surface area contributed by atoms with Crippen molar-refractivity contribution in [1.82, 2.24) is 4.90 Å². The summed E-state index contributed by atoms with van der Waals surface area (Å²) in [7, 11) is 0. The molecule has 36 heavy (non-hydrogen) atoms. The molecule has 1 saturated heterocycles. The van der Waals surface area contributed by atoms with Gasteiger partial charge in [0, 0.05) is 42.9 Å². The number of anilines is 1. The summed E-state index contributed by atoms with van der Waals surface area (Å²) in [4.78, 5) is 41.7. The number of hydrogen-bond donors (Lipinski definition) is 0. The van der Waals surface area contributed by atoms with E-state index in [1.165, 1.54) is 13.0 Å². The SMILES string of the molecule is CC(=O)c1ccc(N2CCN(C(=O)c3cccc4c(=O)c(C)c(-c5ccccc5)oc34)CC2)c(F)c1. The van der Waals surface area contributed by atoms with Crippen LogP contribution in [0.5, 0.6) is 0 Å². The lowest BCUT2D eigenvalue weighted by Gasteiger charge is -2.36. The van der Waals surface area contributed by atoms with E-state index < -0.39 is 5.82 Å². The zero-order chi connectivity index (χ0) is 25.4. The molecule has 6 nitrogen and oxygen atoms in total. The van der Waals surface area contributed by atoms with Crippen LogP contribution in [-0.4, -0.2) is 42.8 Å². The number of fused-ring (bicyclic) bond motifs is 1. The van der Waals surface area contributed by atoms with Crippen molar-refractivity contribution in [2.75, 3.05) is 31.1 Å². The van der Waals surface area contributed by atoms with Crippen LogP contribution >= 0.6 is 0 Å². The van der Waals surface area contributed by atoms with Gasteiger partial charge in [-0.2, -0.15) is 0 Å². The van der Waals surface area contributed by atoms with Crippen molar-refractivity contribution in [1.29, 1.82) is 0 Å². The number of nitrogens with zero attached hydrogens (tertiary/aromatic N) is 2. The van der Waals surface area contributed by atoms with Crippen molar-refractivity contribution in [2.45, 2.75) is 13.8 Å². The van der Waals surface area contributed by atoms with Crippen molar-refractivity contribution in [3.05, 3.63) is 99.5 Å². The number of halogens is 1. The van der Waals surface area contributed by atoms with Crippen molar-refractivity contribution >= 4 is 28.3 Å². The lowest BCUT2D eigenvalue weighted by molar-refractivity contribution is 0.0747. The second-order valence-corrected chi connectivity index (χ2v) is 8.94. The normalized spacial score (nSPS) is 13.8. The number of amides is 1. The van der Waals surface area contributed by atoms with Crippen molar-refractivity contribution < 1.29 is 18.4 Å². The number of carbonyl (C=O) groups excluding carboxylic acids is 2. The lowest BCUT2D eigenvalue weighted by Crippen LogP contribution is -2.49. The smallest absolute Gasteiger partial charge is 0.257 e. The first-order valence-electron chi connectivity index (χ1n) is 11.8. The van der Waals surface area contributed by atoms with E-state index in [9.17, 15) is 18.8 Å². The van der Waals surface area contributed by atoms with Gasteiger partial charge in [0.05, 0.1) is 16.6 Å². The maximum absolute atomic E-state index is 14.6. The summed E-state index contributed by atoms with van der Waals surface area (Å²) in [5.74, 6) is -0.438. The largest absolute Gasteiger partial charge is 0.455 e. The Kier molecular flexibility index (Phi) is 6.14. The molecule has 0 N–H and O–H groups in total. The Morgan fingerprint density at radius 1 is 0.917 bits per heavy atom. The number of para-hydroxylation sites is 1. The van der Waals surface area contributed by atoms with Gasteiger partial charge in [-0.15, -0.1) is 0 Å². The van der Waals surface area contributed by atoms with E-state index in [2.05, 4.69) is 0 Å². The molecule has 0 atom stereocenters. The molecular formula is C29H25FN2O4. The number of Topliss-reactive ketones (excluding diaryl/α,β-unsaturated/α-hetero) is 1. The van der Waals surface area contributed by atoms with Gasteiger partial charge in [0.15, 0.2) is 16.8 Å². The Morgan fingerprint density at radius 2 is 1.64 bits per heavy atom. The molecule has 7 heteroatoms. The predicted molar refractivity (Wildman–Crippen MR) is 137 cm³/mol. The molecule has 4 aromatic rings. The molecule has 0 bridgehead atoms. The van der Waals surface area contributed by atoms with Crippen LogP contribution in [-0.2, 0) is 0 Å². The molecule has 0 spiro atoms. The molecule has 0 radical (unpaired) electrons. The molecule has 5 rings (SSSR count). The van der Waals surface area contributed by atoms with Crippen molar-refractivity contribution in [3.8, 4) is 11.3 Å². The molecule has 1 fully saturated rings. The molecular weight excluding hydrogens is 459 g/mol. The Balaban J connectivity index is 1.43. The molecule has 0 saturated carbocycles. The molecule has 3 aromatic carbocycles. The van der Waals surface area contributed by atoms with E-state index >= 15 is 0 Å². The zero-order valence-corrected chi connectivity index (χ0v) is 20.1. The second-order valence-electron chi connectivity index (χ2n) is 8.94. The standard InChI is InChI=1S/C29H25FN2O4/c1-18-26(34)22-9-6-10-23(28(22)36-27(18)20-7-4-3-5-8-20)29(35)32-15-13-31(14-16-32)25-12-11-21(19(2)33)17-24(25)30/h3-12,17H,13-16H2,1-2H3. The number of carbonyl (C=O) groups is 2. The molecule has 0 aliphatic carbocycles. The first-order valence-corrected chi connectivity index (χ1v) is 11.8. The van der Waals surface area contributed by atoms with Gasteiger partial charge < -0.3 is 14.2 Å². The average Bonchev–Trinajstić information content (AvgIpc) is 2.90. The quantitative estimate of drug-likeness (QED) is 0.378. The van der Waals surface area contributed by atoms with Crippen LogP contribution in [0.2, 0.25) is 0 Å². The third-order valence-electron chi connectivity index (χ3n) is 6.67. The van der Waals surface area contributed by atoms with E-state index in [0.29, 0.717) is 59.7 Å². The van der Waals surface area contributed by atoms with Gasteiger partial charge in [0.25, 0.3) is 5.91 Å². The van der Waals surface area contributed by atoms with Gasteiger partial charge in [0.1, 0.15) is 11.6 Å². The van der Waals surface area contributed by atoms with E-state index in [1.54, 1.807) is 42.2 Å². The summed E-state index contributed by atoms with van der Waals surface area (Å²) < 4.78 is 20.8. The predicted octanol–water partition coefficient (Wildman–Crippen LogP) is 5.07. The van der Waals surface area contributed by atoms with Gasteiger partial charge >= 0.3 is 0 Å². The molecule has 2 heterocycles. The highest BCUT2D eigenvalue weighted by Crippen LogP contribution is 2.28. The van der Waals surface area contributed by atoms with Crippen molar-refractivity contribution in [2.24, 2.45) is 0 Å². The fourth-order valence-electron chi connectivity index (χ4n) is 4.65. The number of piperazine rings is 1. The zero-order valence-electron chi connectivity index (χ0n) is 20.1. The van der Waals surface area contributed by atoms with E-state index in [4.69, 9.17) is 4.42 Å². The molecule has 182 valence electrons. The molecule has 1 aliphatic heterocycles. The van der Waals surface area contributed by atoms with Crippen LogP contribution in [0.25, 0.3) is 22.3 Å². The van der Waals surface area contributed by atoms with Crippen LogP contribution in [0.3, 0.4) is 0 Å². The number of hydrogen-bond acceptors (Lipinski definition) is 5. The summed E-state index contributed by atoms with van der Waals surface area (Å²) in [6, 6.07) is 18.9. The monoisotopic (exact) mass is 484 g/mol. The minimum Gasteiger partial charge on any atom is -0.455 e. The van der Waals surface area contributed by atoms with Gasteiger partial charge in [0.2, 0.25) is 0 Å². The molecule has 1 amide bonds. The highest BCUT2D eigenvalue weighted by molar-refractivity contribution is 6.05. The van der Waals surface area contributed by atoms with E-state index in [-0.39, 0.29) is 22.7 Å². The average molecular weight is 485 g/mol. The van der Waals surface area contributed by atoms with Crippen LogP contribution in [0, 0.1) is 12.7 Å². The topological polar surface area (TPSA) is 70.8 Å². The Hall–Kier alpha value is -4.26. The number of benzene rings is 3. The first kappa shape index (κ1) is 23.5. The molecule has 0 unspecified atom stereocenters. The summed E-state index contributed by atoms with van der Waals surface area (Å²) in [6.45, 7) is 4.76. The van der Waals surface area contributed by atoms with Gasteiger partial charge in [-0.3, -0.25) is 14.4 Å². The minimum atomic E-state index is -0.456. The molecule has 1 aromatic heterocycles. The Labute approximate surface area is 207 Å². The number of ketones is 1. The summed E-state index contributed by atoms with van der Waals surface area (Å²) in [5.41, 5.74) is 2.42. The van der Waals surface area contributed by atoms with Crippen LogP contribution in [0.4, 0.5) is 10.1 Å². The second kappa shape index (κ2) is 9.41. The highest BCUT2D eigenvalue weighted by Gasteiger charge is 2.26. The minimum absolute atomic E-state index is 0.168. The Morgan fingerprint density at radius 3 is 2.31 bits per heavy atom. The van der Waals surface area contributed by atoms with Crippen LogP contribution < -0.4 is 10.3 Å². The van der Waals surface area contributed by atoms with Gasteiger partial charge in [-0.25, -0.2) is 4.39 Å². The summed E-state index contributed by atoms with van der Waals surface area (Å²) in [5, 5.41) is 0.365. The van der Waals surface area contributed by atoms with E-state index in [1.807, 2.05) is 35.2 Å². The maximum Gasteiger partial charge on any atom is 0.257 e. The van der Waals surface area contributed by atoms with Crippen molar-refractivity contribution in [3.63, 3.8) is 0 Å². The molecule has 1 aliphatic rings. The highest BCUT2D eigenvalue weighted by atomic mass is 19.1. The maximum atomic E-state index is 14.6. The van der Waals surface area contributed by atoms with Gasteiger partial charge in [-0.05, 0) is 44.2 Å². The number of rotatable bonds is 4. The third-order valence-corrected chi connectivity index (χ3v) is 6.67.